The number of benzene rings is 1. The molecule has 118 valence electrons. The van der Waals surface area contributed by atoms with Gasteiger partial charge in [-0.05, 0) is 43.0 Å². The molecule has 0 bridgehead atoms. The van der Waals surface area contributed by atoms with Crippen molar-refractivity contribution in [3.05, 3.63) is 34.3 Å². The van der Waals surface area contributed by atoms with Crippen molar-refractivity contribution in [3.63, 3.8) is 0 Å². The van der Waals surface area contributed by atoms with E-state index in [-0.39, 0.29) is 6.10 Å². The Morgan fingerprint density at radius 2 is 1.95 bits per heavy atom. The lowest BCUT2D eigenvalue weighted by Crippen LogP contribution is -2.30. The number of halogens is 1. The molecule has 3 nitrogen and oxygen atoms in total. The zero-order valence-electron chi connectivity index (χ0n) is 13.0. The average Bonchev–Trinajstić information content (AvgIpc) is 2.88. The van der Waals surface area contributed by atoms with Crippen molar-refractivity contribution in [1.29, 1.82) is 0 Å². The predicted molar refractivity (Wildman–Crippen MR) is 89.4 cm³/mol. The first-order valence-corrected chi connectivity index (χ1v) is 8.61. The molecular formula is C17H26BrNO2. The Labute approximate surface area is 136 Å². The molecule has 0 amide bonds. The minimum Gasteiger partial charge on any atom is -0.374 e. The molecule has 2 unspecified atom stereocenters. The van der Waals surface area contributed by atoms with Crippen molar-refractivity contribution >= 4 is 15.9 Å². The molecule has 1 heterocycles. The molecule has 21 heavy (non-hydrogen) atoms. The average molecular weight is 356 g/mol. The fourth-order valence-corrected chi connectivity index (χ4v) is 2.74. The molecule has 0 saturated carbocycles. The van der Waals surface area contributed by atoms with Crippen LogP contribution in [0.1, 0.15) is 32.3 Å². The second kappa shape index (κ2) is 8.89. The Morgan fingerprint density at radius 3 is 2.67 bits per heavy atom. The monoisotopic (exact) mass is 355 g/mol. The van der Waals surface area contributed by atoms with E-state index in [4.69, 9.17) is 9.47 Å². The second-order valence-electron chi connectivity index (χ2n) is 6.15. The van der Waals surface area contributed by atoms with Crippen LogP contribution in [0.3, 0.4) is 0 Å². The van der Waals surface area contributed by atoms with Gasteiger partial charge in [-0.15, -0.1) is 0 Å². The molecule has 2 rings (SSSR count). The third kappa shape index (κ3) is 6.47. The summed E-state index contributed by atoms with van der Waals surface area (Å²) in [5, 5.41) is 3.46. The van der Waals surface area contributed by atoms with Gasteiger partial charge in [0.2, 0.25) is 0 Å². The molecule has 1 aliphatic heterocycles. The van der Waals surface area contributed by atoms with Gasteiger partial charge in [0.05, 0.1) is 25.4 Å². The lowest BCUT2D eigenvalue weighted by Gasteiger charge is -2.15. The van der Waals surface area contributed by atoms with Crippen LogP contribution in [0.15, 0.2) is 28.7 Å². The summed E-state index contributed by atoms with van der Waals surface area (Å²) in [6.45, 7) is 7.81. The van der Waals surface area contributed by atoms with Crippen molar-refractivity contribution in [2.45, 2.75) is 45.5 Å². The van der Waals surface area contributed by atoms with Gasteiger partial charge in [-0.25, -0.2) is 0 Å². The normalized spacial score (nSPS) is 22.1. The van der Waals surface area contributed by atoms with Crippen LogP contribution in [0.5, 0.6) is 0 Å². The topological polar surface area (TPSA) is 30.5 Å². The van der Waals surface area contributed by atoms with Crippen LogP contribution in [0.25, 0.3) is 0 Å². The highest BCUT2D eigenvalue weighted by Crippen LogP contribution is 2.20. The summed E-state index contributed by atoms with van der Waals surface area (Å²) in [6, 6.07) is 8.25. The van der Waals surface area contributed by atoms with Crippen LogP contribution in [0.4, 0.5) is 0 Å². The molecule has 4 heteroatoms. The zero-order chi connectivity index (χ0) is 15.1. The molecular weight excluding hydrogens is 330 g/mol. The van der Waals surface area contributed by atoms with E-state index in [1.54, 1.807) is 0 Å². The molecule has 0 aromatic heterocycles. The highest BCUT2D eigenvalue weighted by molar-refractivity contribution is 9.10. The largest absolute Gasteiger partial charge is 0.374 e. The molecule has 1 aliphatic rings. The number of ether oxygens (including phenoxy) is 2. The predicted octanol–water partition coefficient (Wildman–Crippen LogP) is 3.76. The van der Waals surface area contributed by atoms with Gasteiger partial charge in [-0.1, -0.05) is 41.9 Å². The quantitative estimate of drug-likeness (QED) is 0.769. The van der Waals surface area contributed by atoms with E-state index in [1.807, 2.05) is 12.1 Å². The number of nitrogens with one attached hydrogen (secondary N) is 1. The van der Waals surface area contributed by atoms with E-state index < -0.39 is 0 Å². The van der Waals surface area contributed by atoms with E-state index in [9.17, 15) is 0 Å². The fourth-order valence-electron chi connectivity index (χ4n) is 2.47. The maximum absolute atomic E-state index is 6.01. The third-order valence-electron chi connectivity index (χ3n) is 3.61. The summed E-state index contributed by atoms with van der Waals surface area (Å²) in [5.41, 5.74) is 1.20. The van der Waals surface area contributed by atoms with Gasteiger partial charge in [0.25, 0.3) is 0 Å². The van der Waals surface area contributed by atoms with E-state index in [2.05, 4.69) is 47.2 Å². The van der Waals surface area contributed by atoms with Crippen LogP contribution in [0.2, 0.25) is 0 Å². The van der Waals surface area contributed by atoms with Gasteiger partial charge < -0.3 is 14.8 Å². The Bertz CT molecular complexity index is 408. The number of hydrogen-bond acceptors (Lipinski definition) is 3. The summed E-state index contributed by atoms with van der Waals surface area (Å²) >= 11 is 3.44. The summed E-state index contributed by atoms with van der Waals surface area (Å²) in [7, 11) is 0. The Hall–Kier alpha value is -0.420. The molecule has 1 N–H and O–H groups in total. The van der Waals surface area contributed by atoms with E-state index in [0.717, 1.165) is 30.4 Å². The first-order valence-electron chi connectivity index (χ1n) is 7.82. The Balaban J connectivity index is 1.58. The van der Waals surface area contributed by atoms with Gasteiger partial charge in [0, 0.05) is 11.0 Å². The highest BCUT2D eigenvalue weighted by Gasteiger charge is 2.24. The van der Waals surface area contributed by atoms with Crippen molar-refractivity contribution in [2.75, 3.05) is 19.7 Å². The summed E-state index contributed by atoms with van der Waals surface area (Å²) in [5.74, 6) is 0.691. The molecule has 0 aliphatic carbocycles. The minimum absolute atomic E-state index is 0.256. The highest BCUT2D eigenvalue weighted by atomic mass is 79.9. The van der Waals surface area contributed by atoms with Crippen LogP contribution in [0, 0.1) is 5.92 Å². The first kappa shape index (κ1) is 16.9. The lowest BCUT2D eigenvalue weighted by molar-refractivity contribution is -0.0191. The van der Waals surface area contributed by atoms with Crippen LogP contribution in [-0.4, -0.2) is 31.9 Å². The maximum atomic E-state index is 6.01. The van der Waals surface area contributed by atoms with Gasteiger partial charge >= 0.3 is 0 Å². The third-order valence-corrected chi connectivity index (χ3v) is 4.13. The fraction of sp³-hybridized carbons (Fsp3) is 0.647. The Morgan fingerprint density at radius 1 is 1.24 bits per heavy atom. The molecule has 2 atom stereocenters. The molecule has 1 fully saturated rings. The first-order chi connectivity index (χ1) is 10.1. The smallest absolute Gasteiger partial charge is 0.0814 e. The number of hydrogen-bond donors (Lipinski definition) is 1. The van der Waals surface area contributed by atoms with Crippen LogP contribution < -0.4 is 5.32 Å². The van der Waals surface area contributed by atoms with Crippen molar-refractivity contribution in [1.82, 2.24) is 5.32 Å². The van der Waals surface area contributed by atoms with Gasteiger partial charge in [0.15, 0.2) is 0 Å². The van der Waals surface area contributed by atoms with E-state index >= 15 is 0 Å². The summed E-state index contributed by atoms with van der Waals surface area (Å²) < 4.78 is 12.9. The summed E-state index contributed by atoms with van der Waals surface area (Å²) in [4.78, 5) is 0. The van der Waals surface area contributed by atoms with Gasteiger partial charge in [-0.2, -0.15) is 0 Å². The van der Waals surface area contributed by atoms with Crippen molar-refractivity contribution in [3.8, 4) is 0 Å². The molecule has 1 aromatic carbocycles. The molecule has 0 spiro atoms. The lowest BCUT2D eigenvalue weighted by atomic mass is 10.2. The van der Waals surface area contributed by atoms with Gasteiger partial charge in [-0.3, -0.25) is 0 Å². The zero-order valence-corrected chi connectivity index (χ0v) is 14.6. The van der Waals surface area contributed by atoms with Gasteiger partial charge in [0.1, 0.15) is 0 Å². The van der Waals surface area contributed by atoms with E-state index in [1.165, 1.54) is 5.56 Å². The summed E-state index contributed by atoms with van der Waals surface area (Å²) in [6.07, 6.45) is 2.85. The van der Waals surface area contributed by atoms with Crippen LogP contribution >= 0.6 is 15.9 Å². The minimum atomic E-state index is 0.256. The standard InChI is InChI=1S/C17H26BrNO2/c1-13(2)9-19-10-16-7-8-17(21-16)12-20-11-14-3-5-15(18)6-4-14/h3-6,13,16-17,19H,7-12H2,1-2H3. The Kier molecular flexibility index (Phi) is 7.17. The molecule has 1 aromatic rings. The van der Waals surface area contributed by atoms with Crippen molar-refractivity contribution in [2.24, 2.45) is 5.92 Å². The molecule has 0 radical (unpaired) electrons. The van der Waals surface area contributed by atoms with Crippen LogP contribution in [-0.2, 0) is 16.1 Å². The number of rotatable bonds is 8. The second-order valence-corrected chi connectivity index (χ2v) is 7.07. The maximum Gasteiger partial charge on any atom is 0.0814 e. The van der Waals surface area contributed by atoms with E-state index in [0.29, 0.717) is 25.2 Å². The molecule has 1 saturated heterocycles. The SMILES string of the molecule is CC(C)CNCC1CCC(COCc2ccc(Br)cc2)O1. The van der Waals surface area contributed by atoms with Crippen molar-refractivity contribution < 1.29 is 9.47 Å².